The van der Waals surface area contributed by atoms with Crippen molar-refractivity contribution in [2.45, 2.75) is 64.4 Å². The summed E-state index contributed by atoms with van der Waals surface area (Å²) in [5, 5.41) is 8.69. The molecule has 0 aromatic rings. The van der Waals surface area contributed by atoms with Crippen molar-refractivity contribution in [2.75, 3.05) is 33.5 Å². The molecule has 26 heavy (non-hydrogen) atoms. The Labute approximate surface area is 155 Å². The molecule has 1 N–H and O–H groups in total. The van der Waals surface area contributed by atoms with Gasteiger partial charge in [0.15, 0.2) is 6.10 Å². The SMILES string of the molecule is COCC(COC(=O)OCCCCCC(C)=O)OC(=O)CCCCCO. The number of ketones is 1. The Morgan fingerprint density at radius 2 is 1.58 bits per heavy atom. The van der Waals surface area contributed by atoms with Crippen molar-refractivity contribution in [3.63, 3.8) is 0 Å². The standard InChI is InChI=1S/C18H32O8/c1-15(20)9-5-4-8-12-24-18(22)25-14-16(13-23-2)26-17(21)10-6-3-7-11-19/h16,19H,3-14H2,1-2H3. The van der Waals surface area contributed by atoms with Crippen LogP contribution in [0.1, 0.15) is 58.3 Å². The minimum atomic E-state index is -0.823. The van der Waals surface area contributed by atoms with E-state index in [0.29, 0.717) is 25.7 Å². The maximum absolute atomic E-state index is 11.7. The van der Waals surface area contributed by atoms with Crippen LogP contribution in [0.5, 0.6) is 0 Å². The first kappa shape index (κ1) is 24.3. The molecule has 152 valence electrons. The van der Waals surface area contributed by atoms with Gasteiger partial charge in [-0.05, 0) is 39.0 Å². The molecule has 0 aliphatic rings. The van der Waals surface area contributed by atoms with Crippen LogP contribution in [0.2, 0.25) is 0 Å². The van der Waals surface area contributed by atoms with E-state index in [0.717, 1.165) is 19.3 Å². The number of carbonyl (C=O) groups is 3. The van der Waals surface area contributed by atoms with Gasteiger partial charge in [-0.15, -0.1) is 0 Å². The average molecular weight is 376 g/mol. The minimum absolute atomic E-state index is 0.105. The van der Waals surface area contributed by atoms with Crippen molar-refractivity contribution in [3.8, 4) is 0 Å². The number of methoxy groups -OCH3 is 1. The Morgan fingerprint density at radius 3 is 2.23 bits per heavy atom. The van der Waals surface area contributed by atoms with Crippen LogP contribution in [-0.2, 0) is 28.5 Å². The van der Waals surface area contributed by atoms with E-state index in [-0.39, 0.29) is 38.6 Å². The van der Waals surface area contributed by atoms with Gasteiger partial charge < -0.3 is 28.8 Å². The van der Waals surface area contributed by atoms with E-state index in [4.69, 9.17) is 24.1 Å². The first-order valence-corrected chi connectivity index (χ1v) is 9.07. The van der Waals surface area contributed by atoms with Gasteiger partial charge in [-0.25, -0.2) is 4.79 Å². The number of hydrogen-bond donors (Lipinski definition) is 1. The lowest BCUT2D eigenvalue weighted by Gasteiger charge is -2.17. The van der Waals surface area contributed by atoms with Gasteiger partial charge in [0.2, 0.25) is 0 Å². The molecular weight excluding hydrogens is 344 g/mol. The quantitative estimate of drug-likeness (QED) is 0.323. The van der Waals surface area contributed by atoms with E-state index >= 15 is 0 Å². The third-order valence-corrected chi connectivity index (χ3v) is 3.47. The van der Waals surface area contributed by atoms with Gasteiger partial charge in [-0.2, -0.15) is 0 Å². The summed E-state index contributed by atoms with van der Waals surface area (Å²) in [7, 11) is 1.46. The minimum Gasteiger partial charge on any atom is -0.456 e. The molecule has 0 bridgehead atoms. The molecule has 0 aromatic carbocycles. The summed E-state index contributed by atoms with van der Waals surface area (Å²) < 4.78 is 20.0. The molecule has 0 fully saturated rings. The second kappa shape index (κ2) is 16.8. The van der Waals surface area contributed by atoms with Crippen LogP contribution in [-0.4, -0.2) is 62.7 Å². The van der Waals surface area contributed by atoms with Gasteiger partial charge in [-0.1, -0.05) is 6.42 Å². The summed E-state index contributed by atoms with van der Waals surface area (Å²) in [6.45, 7) is 1.84. The van der Waals surface area contributed by atoms with Crippen molar-refractivity contribution in [1.29, 1.82) is 0 Å². The lowest BCUT2D eigenvalue weighted by molar-refractivity contribution is -0.154. The van der Waals surface area contributed by atoms with Gasteiger partial charge in [0, 0.05) is 26.6 Å². The predicted molar refractivity (Wildman–Crippen MR) is 93.8 cm³/mol. The Hall–Kier alpha value is -1.67. The van der Waals surface area contributed by atoms with E-state index in [2.05, 4.69) is 0 Å². The van der Waals surface area contributed by atoms with E-state index < -0.39 is 18.2 Å². The summed E-state index contributed by atoms with van der Waals surface area (Å²) >= 11 is 0. The molecule has 0 saturated carbocycles. The normalized spacial score (nSPS) is 11.7. The van der Waals surface area contributed by atoms with E-state index in [1.807, 2.05) is 0 Å². The van der Waals surface area contributed by atoms with Crippen LogP contribution in [0, 0.1) is 0 Å². The smallest absolute Gasteiger partial charge is 0.456 e. The molecule has 8 heteroatoms. The topological polar surface area (TPSA) is 108 Å². The van der Waals surface area contributed by atoms with Crippen molar-refractivity contribution in [1.82, 2.24) is 0 Å². The lowest BCUT2D eigenvalue weighted by Crippen LogP contribution is -2.29. The van der Waals surface area contributed by atoms with Crippen LogP contribution >= 0.6 is 0 Å². The first-order valence-electron chi connectivity index (χ1n) is 9.07. The Kier molecular flexibility index (Phi) is 15.7. The number of Topliss-reactive ketones (excluding diaryl/α,β-unsaturated/α-hetero) is 1. The van der Waals surface area contributed by atoms with Crippen molar-refractivity contribution < 1.29 is 38.4 Å². The van der Waals surface area contributed by atoms with Crippen molar-refractivity contribution in [3.05, 3.63) is 0 Å². The highest BCUT2D eigenvalue weighted by Crippen LogP contribution is 2.05. The highest BCUT2D eigenvalue weighted by atomic mass is 16.7. The lowest BCUT2D eigenvalue weighted by atomic mass is 10.1. The number of ether oxygens (including phenoxy) is 4. The highest BCUT2D eigenvalue weighted by molar-refractivity contribution is 5.75. The first-order chi connectivity index (χ1) is 12.5. The van der Waals surface area contributed by atoms with Gasteiger partial charge >= 0.3 is 12.1 Å². The zero-order valence-electron chi connectivity index (χ0n) is 15.9. The number of unbranched alkanes of at least 4 members (excludes halogenated alkanes) is 4. The average Bonchev–Trinajstić information content (AvgIpc) is 2.59. The van der Waals surface area contributed by atoms with Crippen LogP contribution < -0.4 is 0 Å². The van der Waals surface area contributed by atoms with Crippen LogP contribution in [0.25, 0.3) is 0 Å². The maximum atomic E-state index is 11.7. The number of aliphatic hydroxyl groups excluding tert-OH is 1. The second-order valence-corrected chi connectivity index (χ2v) is 6.02. The number of hydrogen-bond acceptors (Lipinski definition) is 8. The Bertz CT molecular complexity index is 397. The predicted octanol–water partition coefficient (Wildman–Crippen LogP) is 2.40. The Morgan fingerprint density at radius 1 is 0.885 bits per heavy atom. The molecule has 1 unspecified atom stereocenters. The molecule has 0 spiro atoms. The van der Waals surface area contributed by atoms with Crippen LogP contribution in [0.3, 0.4) is 0 Å². The molecule has 0 heterocycles. The summed E-state index contributed by atoms with van der Waals surface area (Å²) in [4.78, 5) is 34.0. The van der Waals surface area contributed by atoms with Crippen molar-refractivity contribution >= 4 is 17.9 Å². The van der Waals surface area contributed by atoms with Crippen LogP contribution in [0.4, 0.5) is 4.79 Å². The third kappa shape index (κ3) is 15.8. The molecule has 0 aliphatic heterocycles. The molecule has 1 atom stereocenters. The van der Waals surface area contributed by atoms with Gasteiger partial charge in [0.25, 0.3) is 0 Å². The molecule has 0 saturated heterocycles. The van der Waals surface area contributed by atoms with E-state index in [1.165, 1.54) is 7.11 Å². The largest absolute Gasteiger partial charge is 0.508 e. The zero-order chi connectivity index (χ0) is 19.6. The molecule has 0 aromatic heterocycles. The number of carbonyl (C=O) groups excluding carboxylic acids is 3. The van der Waals surface area contributed by atoms with Crippen molar-refractivity contribution in [2.24, 2.45) is 0 Å². The van der Waals surface area contributed by atoms with E-state index in [1.54, 1.807) is 6.92 Å². The highest BCUT2D eigenvalue weighted by Gasteiger charge is 2.17. The second-order valence-electron chi connectivity index (χ2n) is 6.02. The number of esters is 1. The molecule has 0 aliphatic carbocycles. The fourth-order valence-corrected chi connectivity index (χ4v) is 2.12. The zero-order valence-corrected chi connectivity index (χ0v) is 15.9. The molecule has 0 amide bonds. The maximum Gasteiger partial charge on any atom is 0.508 e. The molecule has 8 nitrogen and oxygen atoms in total. The molecular formula is C18H32O8. The fraction of sp³-hybridized carbons (Fsp3) is 0.833. The third-order valence-electron chi connectivity index (χ3n) is 3.47. The molecule has 0 radical (unpaired) electrons. The van der Waals surface area contributed by atoms with E-state index in [9.17, 15) is 14.4 Å². The number of aliphatic hydroxyl groups is 1. The summed E-state index contributed by atoms with van der Waals surface area (Å²) in [6.07, 6.45) is 3.53. The number of rotatable bonds is 16. The summed E-state index contributed by atoms with van der Waals surface area (Å²) in [6, 6.07) is 0. The van der Waals surface area contributed by atoms with Gasteiger partial charge in [-0.3, -0.25) is 4.79 Å². The summed E-state index contributed by atoms with van der Waals surface area (Å²) in [5.74, 6) is -0.245. The fourth-order valence-electron chi connectivity index (χ4n) is 2.12. The van der Waals surface area contributed by atoms with Crippen LogP contribution in [0.15, 0.2) is 0 Å². The summed E-state index contributed by atoms with van der Waals surface area (Å²) in [5.41, 5.74) is 0. The monoisotopic (exact) mass is 376 g/mol. The Balaban J connectivity index is 3.87. The molecule has 0 rings (SSSR count). The van der Waals surface area contributed by atoms with Gasteiger partial charge in [0.05, 0.1) is 13.2 Å². The van der Waals surface area contributed by atoms with Gasteiger partial charge in [0.1, 0.15) is 12.4 Å².